The molecule has 0 saturated carbocycles. The smallest absolute Gasteiger partial charge is 0.353 e. The molecule has 570 valence electrons. The van der Waals surface area contributed by atoms with Crippen LogP contribution in [0.3, 0.4) is 0 Å². The van der Waals surface area contributed by atoms with Crippen molar-refractivity contribution in [2.24, 2.45) is 22.7 Å². The zero-order chi connectivity index (χ0) is 79.1. The normalized spacial score (nSPS) is 18.7. The Morgan fingerprint density at radius 3 is 1.99 bits per heavy atom. The number of hydrazine groups is 2. The van der Waals surface area contributed by atoms with Crippen LogP contribution in [0.5, 0.6) is 0 Å². The average Bonchev–Trinajstić information content (AvgIpc) is 1.11. The van der Waals surface area contributed by atoms with E-state index in [1.807, 2.05) is 72.8 Å². The van der Waals surface area contributed by atoms with Crippen LogP contribution >= 0.6 is 0 Å². The fourth-order valence-electron chi connectivity index (χ4n) is 11.7. The van der Waals surface area contributed by atoms with E-state index < -0.39 is 98.1 Å². The van der Waals surface area contributed by atoms with Crippen LogP contribution in [0.25, 0.3) is 34.0 Å². The third-order valence-electron chi connectivity index (χ3n) is 18.2. The lowest BCUT2D eigenvalue weighted by Gasteiger charge is -2.36. The Morgan fingerprint density at radius 1 is 0.804 bits per heavy atom. The molecular formula is C77H94N12O18. The Labute approximate surface area is 619 Å². The largest absolute Gasteiger partial charge is 0.468 e. The molecule has 0 spiro atoms. The summed E-state index contributed by atoms with van der Waals surface area (Å²) in [6, 6.07) is 24.3. The number of benzene rings is 4. The molecule has 4 aromatic carbocycles. The first-order valence-corrected chi connectivity index (χ1v) is 35.0. The van der Waals surface area contributed by atoms with Gasteiger partial charge in [0, 0.05) is 50.1 Å². The minimum Gasteiger partial charge on any atom is -0.468 e. The number of carbonyl (C=O) groups is 10. The summed E-state index contributed by atoms with van der Waals surface area (Å²) >= 11 is 0. The molecule has 3 aliphatic heterocycles. The van der Waals surface area contributed by atoms with E-state index in [1.165, 1.54) is 55.2 Å². The average molecular weight is 1480 g/mol. The minimum atomic E-state index is -1.24. The third-order valence-corrected chi connectivity index (χ3v) is 18.2. The molecule has 107 heavy (non-hydrogen) atoms. The molecule has 5 bridgehead atoms. The molecule has 30 nitrogen and oxygen atoms in total. The first-order chi connectivity index (χ1) is 50.3. The molecule has 5 N–H and O–H groups in total. The van der Waals surface area contributed by atoms with Crippen molar-refractivity contribution in [3.63, 3.8) is 0 Å². The molecule has 0 radical (unpaired) electrons. The molecule has 0 unspecified atom stereocenters. The molecule has 2 aromatic heterocycles. The number of pyridine rings is 2. The highest BCUT2D eigenvalue weighted by Crippen LogP contribution is 2.30. The second-order valence-corrected chi connectivity index (χ2v) is 28.5. The number of nitro groups is 2. The number of aliphatic hydroxyl groups excluding tert-OH is 1. The van der Waals surface area contributed by atoms with Gasteiger partial charge in [0.25, 0.3) is 29.1 Å². The Hall–Kier alpha value is -11.2. The third kappa shape index (κ3) is 21.5. The first-order valence-electron chi connectivity index (χ1n) is 35.0. The lowest BCUT2D eigenvalue weighted by Crippen LogP contribution is -2.61. The molecule has 2 saturated heterocycles. The number of rotatable bonds is 15. The van der Waals surface area contributed by atoms with Crippen molar-refractivity contribution >= 4 is 105 Å². The van der Waals surface area contributed by atoms with Gasteiger partial charge in [0.1, 0.15) is 41.4 Å². The quantitative estimate of drug-likeness (QED) is 0.0212. The van der Waals surface area contributed by atoms with E-state index >= 15 is 0 Å². The summed E-state index contributed by atoms with van der Waals surface area (Å²) in [7, 11) is 4.78. The summed E-state index contributed by atoms with van der Waals surface area (Å²) < 4.78 is 15.2. The summed E-state index contributed by atoms with van der Waals surface area (Å²) in [5, 5.41) is 42.0. The van der Waals surface area contributed by atoms with Gasteiger partial charge in [-0.3, -0.25) is 78.6 Å². The first kappa shape index (κ1) is 83.0. The van der Waals surface area contributed by atoms with Gasteiger partial charge in [-0.1, -0.05) is 113 Å². The number of hydrogen-bond acceptors (Lipinski definition) is 22. The molecule has 5 heterocycles. The van der Waals surface area contributed by atoms with Crippen LogP contribution in [0.1, 0.15) is 149 Å². The van der Waals surface area contributed by atoms with Crippen molar-refractivity contribution in [1.29, 1.82) is 0 Å². The van der Waals surface area contributed by atoms with Crippen molar-refractivity contribution in [2.75, 3.05) is 34.3 Å². The molecule has 6 amide bonds. The number of aryl methyl sites for hydroxylation is 2. The lowest BCUT2D eigenvalue weighted by atomic mass is 9.92. The number of ether oxygens (including phenoxy) is 3. The van der Waals surface area contributed by atoms with Gasteiger partial charge >= 0.3 is 23.9 Å². The van der Waals surface area contributed by atoms with Gasteiger partial charge in [0.15, 0.2) is 6.10 Å². The number of methoxy groups -OCH3 is 1. The molecule has 30 heteroatoms. The van der Waals surface area contributed by atoms with E-state index in [9.17, 15) is 73.3 Å². The number of esters is 4. The summed E-state index contributed by atoms with van der Waals surface area (Å²) in [4.78, 5) is 161. The Morgan fingerprint density at radius 2 is 1.39 bits per heavy atom. The highest BCUT2D eigenvalue weighted by molar-refractivity contribution is 6.07. The van der Waals surface area contributed by atoms with E-state index in [0.29, 0.717) is 51.0 Å². The molecule has 2 fully saturated rings. The fraction of sp³-hybridized carbons (Fsp3) is 0.429. The fourth-order valence-corrected chi connectivity index (χ4v) is 11.7. The number of nitrogens with zero attached hydrogens (tertiary/aromatic N) is 8. The number of nitrogens with one attached hydrogen (secondary N) is 4. The van der Waals surface area contributed by atoms with Crippen molar-refractivity contribution in [2.45, 2.75) is 158 Å². The van der Waals surface area contributed by atoms with Gasteiger partial charge in [0.05, 0.1) is 63.3 Å². The lowest BCUT2D eigenvalue weighted by molar-refractivity contribution is -0.385. The highest BCUT2D eigenvalue weighted by atomic mass is 16.6. The SMILES string of the molecule is CC(C)[C@@H]1OC(=O)C(C)(C)/C=C/c2ccc3ccc(nc3c2)CN(C)C(=O)[C@@H]2CCCN(N2)C(=O)[C@H](C)NC1=O.COC(=O)C(C)(C)/C=C/c1ccc2ccc(CN(C)C(=O)[C@@H]3CCCN(C(=O)[C@H](C)NC(=O)[C@@H](O)C(C)C)N3)nc2c1.Cc1cccc([N+](=O)[O-])c1C(=O)OC(=O)c1c(C)cccc1[N+](=O)[O-]. The van der Waals surface area contributed by atoms with Crippen LogP contribution in [0.15, 0.2) is 109 Å². The maximum Gasteiger partial charge on any atom is 0.353 e. The van der Waals surface area contributed by atoms with E-state index in [0.717, 1.165) is 50.8 Å². The second-order valence-electron chi connectivity index (χ2n) is 28.5. The van der Waals surface area contributed by atoms with Gasteiger partial charge in [0.2, 0.25) is 17.7 Å². The Bertz CT molecular complexity index is 4380. The van der Waals surface area contributed by atoms with E-state index in [4.69, 9.17) is 19.4 Å². The zero-order valence-electron chi connectivity index (χ0n) is 62.8. The number of hydrogen-bond donors (Lipinski definition) is 5. The van der Waals surface area contributed by atoms with Gasteiger partial charge < -0.3 is 39.8 Å². The predicted octanol–water partition coefficient (Wildman–Crippen LogP) is 8.35. The van der Waals surface area contributed by atoms with Crippen LogP contribution in [0.2, 0.25) is 0 Å². The molecule has 9 rings (SSSR count). The molecule has 0 aliphatic carbocycles. The maximum atomic E-state index is 13.3. The Balaban J connectivity index is 0.000000231. The van der Waals surface area contributed by atoms with Crippen LogP contribution < -0.4 is 21.5 Å². The topological polar surface area (TPSA) is 392 Å². The number of nitro benzene ring substituents is 2. The number of amides is 6. The van der Waals surface area contributed by atoms with E-state index in [-0.39, 0.29) is 70.2 Å². The number of likely N-dealkylation sites (N-methyl/N-ethyl adjacent to an activating group) is 2. The van der Waals surface area contributed by atoms with Crippen molar-refractivity contribution in [1.82, 2.24) is 51.3 Å². The summed E-state index contributed by atoms with van der Waals surface area (Å²) in [5.41, 5.74) is 7.69. The van der Waals surface area contributed by atoms with Crippen molar-refractivity contribution < 1.29 is 77.1 Å². The number of cyclic esters (lactones) is 1. The number of aromatic nitrogens is 2. The number of fused-ring (bicyclic) bond motifs is 5. The molecule has 3 aliphatic rings. The van der Waals surface area contributed by atoms with Crippen LogP contribution in [-0.2, 0) is 65.7 Å². The van der Waals surface area contributed by atoms with Gasteiger partial charge in [-0.25, -0.2) is 20.4 Å². The van der Waals surface area contributed by atoms with E-state index in [1.54, 1.807) is 105 Å². The monoisotopic (exact) mass is 1470 g/mol. The summed E-state index contributed by atoms with van der Waals surface area (Å²) in [6.07, 6.45) is 7.34. The second kappa shape index (κ2) is 36.2. The number of aliphatic hydroxyl groups is 1. The van der Waals surface area contributed by atoms with E-state index in [2.05, 4.69) is 26.2 Å². The standard InChI is InChI=1S/C31H43N5O6.C30H39N5O5.C16H12N2O7/c1-19(2)26(37)27(38)32-20(3)28(39)36-16-8-9-24(34-36)29(40)35(6)18-23-13-12-22-11-10-21(17-25(22)33-23)14-15-31(4,5)30(41)42-7;1-18(2)25-26(36)31-19(3)27(37)35-15-7-8-23(33-35)28(38)34(6)17-22-12-11-21-10-9-20(16-24(21)32-22)13-14-30(4,5)29(39)40-25;1-9-5-3-7-11(17(21)22)13(9)15(19)25-16(20)14-10(2)6-4-8-12(14)18(23)24/h10-15,17,19-20,24,26,34,37H,8-9,16,18H2,1-7H3,(H,32,38);9-14,16,18-19,23,25,33H,7-8,15,17H2,1-6H3,(H,31,36);3-8H,1-2H3/b15-14+;14-13+;/t20-,24-,26-;19-,23-,25-;/m00./s1. The van der Waals surface area contributed by atoms with Gasteiger partial charge in [-0.15, -0.1) is 0 Å². The van der Waals surface area contributed by atoms with Crippen LogP contribution in [-0.4, -0.2) is 175 Å². The predicted molar refractivity (Wildman–Crippen MR) is 396 cm³/mol. The Kier molecular flexibility index (Phi) is 28.1. The minimum absolute atomic E-state index is 0.146. The van der Waals surface area contributed by atoms with Crippen LogP contribution in [0, 0.1) is 56.7 Å². The van der Waals surface area contributed by atoms with Crippen molar-refractivity contribution in [3.8, 4) is 0 Å². The zero-order valence-corrected chi connectivity index (χ0v) is 62.8. The molecular weight excluding hydrogens is 1380 g/mol. The number of carbonyl (C=O) groups excluding carboxylic acids is 10. The molecule has 6 aromatic rings. The molecule has 6 atom stereocenters. The van der Waals surface area contributed by atoms with Gasteiger partial charge in [-0.05, 0) is 139 Å². The maximum absolute atomic E-state index is 13.3. The summed E-state index contributed by atoms with van der Waals surface area (Å²) in [6.45, 7) is 21.4. The highest BCUT2D eigenvalue weighted by Gasteiger charge is 2.39. The van der Waals surface area contributed by atoms with Crippen molar-refractivity contribution in [3.05, 3.63) is 174 Å². The summed E-state index contributed by atoms with van der Waals surface area (Å²) in [5.74, 6) is -6.19. The van der Waals surface area contributed by atoms with Gasteiger partial charge in [-0.2, -0.15) is 0 Å². The van der Waals surface area contributed by atoms with Crippen LogP contribution in [0.4, 0.5) is 11.4 Å².